The van der Waals surface area contributed by atoms with Crippen molar-refractivity contribution in [3.63, 3.8) is 0 Å². The van der Waals surface area contributed by atoms with E-state index in [0.717, 1.165) is 31.4 Å². The number of benzene rings is 2. The van der Waals surface area contributed by atoms with Gasteiger partial charge in [0.15, 0.2) is 11.5 Å². The number of aromatic hydroxyl groups is 1. The summed E-state index contributed by atoms with van der Waals surface area (Å²) in [6.45, 7) is 4.31. The lowest BCUT2D eigenvalue weighted by Crippen LogP contribution is -1.89. The van der Waals surface area contributed by atoms with Gasteiger partial charge in [0.2, 0.25) is 0 Å². The van der Waals surface area contributed by atoms with Crippen molar-refractivity contribution < 1.29 is 9.84 Å². The van der Waals surface area contributed by atoms with Crippen LogP contribution in [0.2, 0.25) is 0 Å². The van der Waals surface area contributed by atoms with Gasteiger partial charge in [-0.3, -0.25) is 0 Å². The molecule has 2 aromatic rings. The summed E-state index contributed by atoms with van der Waals surface area (Å²) < 4.78 is 5.78. The van der Waals surface area contributed by atoms with Crippen molar-refractivity contribution >= 4 is 0 Å². The normalized spacial score (nSPS) is 10.5. The van der Waals surface area contributed by atoms with Gasteiger partial charge in [-0.05, 0) is 48.2 Å². The summed E-state index contributed by atoms with van der Waals surface area (Å²) in [5.74, 6) is 1.47. The zero-order valence-corrected chi connectivity index (χ0v) is 12.2. The van der Waals surface area contributed by atoms with Gasteiger partial charge in [-0.1, -0.05) is 44.9 Å². The Labute approximate surface area is 121 Å². The van der Waals surface area contributed by atoms with E-state index in [1.54, 1.807) is 6.07 Å². The van der Waals surface area contributed by atoms with E-state index in [0.29, 0.717) is 5.75 Å². The fourth-order valence-corrected chi connectivity index (χ4v) is 2.22. The number of phenols is 1. The smallest absolute Gasteiger partial charge is 0.169 e. The zero-order valence-electron chi connectivity index (χ0n) is 12.2. The largest absolute Gasteiger partial charge is 0.504 e. The molecule has 0 atom stereocenters. The molecule has 2 heteroatoms. The third kappa shape index (κ3) is 3.77. The zero-order chi connectivity index (χ0) is 14.4. The molecule has 0 saturated carbocycles. The maximum absolute atomic E-state index is 9.88. The van der Waals surface area contributed by atoms with Crippen LogP contribution in [0.4, 0.5) is 0 Å². The van der Waals surface area contributed by atoms with Gasteiger partial charge in [-0.25, -0.2) is 0 Å². The first-order valence-corrected chi connectivity index (χ1v) is 7.31. The Bertz CT molecular complexity index is 544. The monoisotopic (exact) mass is 270 g/mol. The van der Waals surface area contributed by atoms with Crippen LogP contribution in [-0.2, 0) is 12.8 Å². The fraction of sp³-hybridized carbons (Fsp3) is 0.333. The summed E-state index contributed by atoms with van der Waals surface area (Å²) >= 11 is 0. The van der Waals surface area contributed by atoms with Crippen molar-refractivity contribution in [3.8, 4) is 17.2 Å². The van der Waals surface area contributed by atoms with E-state index in [2.05, 4.69) is 26.0 Å². The number of hydrogen-bond donors (Lipinski definition) is 1. The van der Waals surface area contributed by atoms with E-state index in [-0.39, 0.29) is 5.75 Å². The van der Waals surface area contributed by atoms with E-state index in [1.165, 1.54) is 11.1 Å². The minimum atomic E-state index is 0.183. The molecule has 2 aromatic carbocycles. The quantitative estimate of drug-likeness (QED) is 0.792. The number of ether oxygens (including phenoxy) is 1. The Morgan fingerprint density at radius 1 is 0.850 bits per heavy atom. The highest BCUT2D eigenvalue weighted by Crippen LogP contribution is 2.32. The average Bonchev–Trinajstić information content (AvgIpc) is 2.45. The van der Waals surface area contributed by atoms with Crippen molar-refractivity contribution in [1.29, 1.82) is 0 Å². The molecule has 0 aliphatic rings. The van der Waals surface area contributed by atoms with Gasteiger partial charge in [-0.15, -0.1) is 0 Å². The second-order valence-electron chi connectivity index (χ2n) is 5.05. The van der Waals surface area contributed by atoms with Crippen LogP contribution >= 0.6 is 0 Å². The standard InChI is InChI=1S/C18H22O2/c1-3-5-14-7-10-16(11-8-14)20-18-13-15(6-4-2)9-12-17(18)19/h7-13,19H,3-6H2,1-2H3. The van der Waals surface area contributed by atoms with Crippen molar-refractivity contribution in [1.82, 2.24) is 0 Å². The summed E-state index contributed by atoms with van der Waals surface area (Å²) in [5, 5.41) is 9.88. The molecule has 0 aliphatic carbocycles. The highest BCUT2D eigenvalue weighted by Gasteiger charge is 2.05. The van der Waals surface area contributed by atoms with Crippen LogP contribution in [0.15, 0.2) is 42.5 Å². The van der Waals surface area contributed by atoms with E-state index >= 15 is 0 Å². The molecule has 1 N–H and O–H groups in total. The lowest BCUT2D eigenvalue weighted by atomic mass is 10.1. The Morgan fingerprint density at radius 3 is 2.10 bits per heavy atom. The first kappa shape index (κ1) is 14.4. The van der Waals surface area contributed by atoms with E-state index < -0.39 is 0 Å². The summed E-state index contributed by atoms with van der Waals surface area (Å²) in [4.78, 5) is 0. The van der Waals surface area contributed by atoms with Crippen LogP contribution < -0.4 is 4.74 Å². The second kappa shape index (κ2) is 6.99. The van der Waals surface area contributed by atoms with Crippen molar-refractivity contribution in [3.05, 3.63) is 53.6 Å². The maximum Gasteiger partial charge on any atom is 0.169 e. The number of hydrogen-bond acceptors (Lipinski definition) is 2. The molecule has 0 spiro atoms. The molecule has 0 unspecified atom stereocenters. The first-order chi connectivity index (χ1) is 9.72. The third-order valence-electron chi connectivity index (χ3n) is 3.25. The van der Waals surface area contributed by atoms with E-state index in [4.69, 9.17) is 4.74 Å². The molecule has 0 amide bonds. The molecular formula is C18H22O2. The molecule has 0 bridgehead atoms. The molecule has 0 fully saturated rings. The fourth-order valence-electron chi connectivity index (χ4n) is 2.22. The van der Waals surface area contributed by atoms with E-state index in [1.807, 2.05) is 24.3 Å². The predicted octanol–water partition coefficient (Wildman–Crippen LogP) is 5.09. The summed E-state index contributed by atoms with van der Waals surface area (Å²) in [6, 6.07) is 13.6. The molecule has 20 heavy (non-hydrogen) atoms. The summed E-state index contributed by atoms with van der Waals surface area (Å²) in [5.41, 5.74) is 2.49. The second-order valence-corrected chi connectivity index (χ2v) is 5.05. The van der Waals surface area contributed by atoms with Gasteiger partial charge in [0, 0.05) is 0 Å². The highest BCUT2D eigenvalue weighted by atomic mass is 16.5. The van der Waals surface area contributed by atoms with Crippen molar-refractivity contribution in [2.75, 3.05) is 0 Å². The summed E-state index contributed by atoms with van der Waals surface area (Å²) in [7, 11) is 0. The lowest BCUT2D eigenvalue weighted by Gasteiger charge is -2.10. The number of aryl methyl sites for hydroxylation is 2. The van der Waals surface area contributed by atoms with Gasteiger partial charge in [-0.2, -0.15) is 0 Å². The van der Waals surface area contributed by atoms with Crippen LogP contribution in [0.1, 0.15) is 37.8 Å². The molecule has 0 heterocycles. The van der Waals surface area contributed by atoms with Crippen LogP contribution in [0, 0.1) is 0 Å². The molecule has 0 aliphatic heterocycles. The molecule has 0 radical (unpaired) electrons. The lowest BCUT2D eigenvalue weighted by molar-refractivity contribution is 0.410. The van der Waals surface area contributed by atoms with E-state index in [9.17, 15) is 5.11 Å². The Balaban J connectivity index is 2.14. The molecule has 0 aromatic heterocycles. The first-order valence-electron chi connectivity index (χ1n) is 7.31. The van der Waals surface area contributed by atoms with Crippen molar-refractivity contribution in [2.24, 2.45) is 0 Å². The molecule has 2 nitrogen and oxygen atoms in total. The highest BCUT2D eigenvalue weighted by molar-refractivity contribution is 5.44. The van der Waals surface area contributed by atoms with Crippen molar-refractivity contribution in [2.45, 2.75) is 39.5 Å². The van der Waals surface area contributed by atoms with Crippen LogP contribution in [0.5, 0.6) is 17.2 Å². The minimum Gasteiger partial charge on any atom is -0.504 e. The Kier molecular flexibility index (Phi) is 5.05. The van der Waals surface area contributed by atoms with Gasteiger partial charge >= 0.3 is 0 Å². The molecular weight excluding hydrogens is 248 g/mol. The predicted molar refractivity (Wildman–Crippen MR) is 82.6 cm³/mol. The average molecular weight is 270 g/mol. The SMILES string of the molecule is CCCc1ccc(Oc2cc(CCC)ccc2O)cc1. The molecule has 106 valence electrons. The summed E-state index contributed by atoms with van der Waals surface area (Å²) in [6.07, 6.45) is 4.29. The molecule has 0 saturated heterocycles. The van der Waals surface area contributed by atoms with Crippen LogP contribution in [0.3, 0.4) is 0 Å². The minimum absolute atomic E-state index is 0.183. The topological polar surface area (TPSA) is 29.5 Å². The Hall–Kier alpha value is -1.96. The third-order valence-corrected chi connectivity index (χ3v) is 3.25. The van der Waals surface area contributed by atoms with Gasteiger partial charge in [0.25, 0.3) is 0 Å². The Morgan fingerprint density at radius 2 is 1.45 bits per heavy atom. The van der Waals surface area contributed by atoms with Crippen LogP contribution in [-0.4, -0.2) is 5.11 Å². The van der Waals surface area contributed by atoms with Gasteiger partial charge in [0.1, 0.15) is 5.75 Å². The van der Waals surface area contributed by atoms with Gasteiger partial charge < -0.3 is 9.84 Å². The van der Waals surface area contributed by atoms with Crippen LogP contribution in [0.25, 0.3) is 0 Å². The maximum atomic E-state index is 9.88. The molecule has 2 rings (SSSR count). The number of phenolic OH excluding ortho intramolecular Hbond substituents is 1. The number of rotatable bonds is 6. The van der Waals surface area contributed by atoms with Gasteiger partial charge in [0.05, 0.1) is 0 Å².